The van der Waals surface area contributed by atoms with Gasteiger partial charge < -0.3 is 14.6 Å². The predicted molar refractivity (Wildman–Crippen MR) is 127 cm³/mol. The van der Waals surface area contributed by atoms with Gasteiger partial charge in [-0.15, -0.1) is 0 Å². The van der Waals surface area contributed by atoms with Crippen LogP contribution in [0.3, 0.4) is 0 Å². The van der Waals surface area contributed by atoms with E-state index < -0.39 is 11.6 Å². The maximum atomic E-state index is 14.3. The van der Waals surface area contributed by atoms with E-state index in [0.29, 0.717) is 34.7 Å². The molecule has 0 unspecified atom stereocenters. The van der Waals surface area contributed by atoms with Gasteiger partial charge in [0, 0.05) is 23.7 Å². The van der Waals surface area contributed by atoms with Gasteiger partial charge in [-0.2, -0.15) is 0 Å². The summed E-state index contributed by atoms with van der Waals surface area (Å²) in [5, 5.41) is 3.49. The minimum absolute atomic E-state index is 0.00535. The highest BCUT2D eigenvalue weighted by atomic mass is 19.1. The summed E-state index contributed by atoms with van der Waals surface area (Å²) in [4.78, 5) is 20.1. The van der Waals surface area contributed by atoms with E-state index in [-0.39, 0.29) is 17.6 Å². The molecule has 1 aliphatic heterocycles. The number of amides is 2. The Kier molecular flexibility index (Phi) is 4.74. The molecule has 1 saturated heterocycles. The van der Waals surface area contributed by atoms with Crippen molar-refractivity contribution in [2.24, 2.45) is 17.8 Å². The second-order valence-corrected chi connectivity index (χ2v) is 11.3. The van der Waals surface area contributed by atoms with E-state index >= 15 is 0 Å². The Balaban J connectivity index is 1.13. The van der Waals surface area contributed by atoms with Gasteiger partial charge in [0.05, 0.1) is 0 Å². The number of likely N-dealkylation sites (tertiary alicyclic amines) is 1. The van der Waals surface area contributed by atoms with Crippen LogP contribution >= 0.6 is 0 Å². The summed E-state index contributed by atoms with van der Waals surface area (Å²) < 4.78 is 33.7. The van der Waals surface area contributed by atoms with Crippen molar-refractivity contribution in [1.82, 2.24) is 15.2 Å². The Bertz CT molecular complexity index is 1280. The first-order chi connectivity index (χ1) is 16.9. The zero-order chi connectivity index (χ0) is 23.7. The number of rotatable bonds is 3. The van der Waals surface area contributed by atoms with Crippen LogP contribution in [0.4, 0.5) is 13.6 Å². The standard InChI is InChI=1S/C28H29F2N3O2/c29-20-4-5-21(22(30)12-20)19-3-6-25-23(11-19)31-26(35-25)24-2-1-7-33(24)27(34)32-28-13-16-8-17(14-28)10-18(9-16)15-28/h3-6,11-12,16-18,24H,1-2,7-10,13-15H2,(H,32,34)/t16?,17?,18?,24-,28?/m0/s1. The molecule has 182 valence electrons. The zero-order valence-electron chi connectivity index (χ0n) is 19.6. The fraction of sp³-hybridized carbons (Fsp3) is 0.500. The first kappa shape index (κ1) is 21.3. The first-order valence-electron chi connectivity index (χ1n) is 12.9. The second-order valence-electron chi connectivity index (χ2n) is 11.3. The van der Waals surface area contributed by atoms with E-state index in [1.807, 2.05) is 4.90 Å². The van der Waals surface area contributed by atoms with Gasteiger partial charge >= 0.3 is 6.03 Å². The Labute approximate surface area is 202 Å². The van der Waals surface area contributed by atoms with Crippen molar-refractivity contribution in [3.8, 4) is 11.1 Å². The Hall–Kier alpha value is -2.96. The van der Waals surface area contributed by atoms with Crippen molar-refractivity contribution in [3.63, 3.8) is 0 Å². The van der Waals surface area contributed by atoms with Crippen molar-refractivity contribution in [1.29, 1.82) is 0 Å². The van der Waals surface area contributed by atoms with Gasteiger partial charge in [-0.1, -0.05) is 6.07 Å². The normalized spacial score (nSPS) is 31.4. The average molecular weight is 478 g/mol. The Morgan fingerprint density at radius 2 is 1.77 bits per heavy atom. The van der Waals surface area contributed by atoms with Gasteiger partial charge in [0.15, 0.2) is 5.58 Å². The van der Waals surface area contributed by atoms with E-state index in [1.54, 1.807) is 18.2 Å². The van der Waals surface area contributed by atoms with E-state index in [1.165, 1.54) is 31.4 Å². The van der Waals surface area contributed by atoms with Crippen molar-refractivity contribution in [3.05, 3.63) is 53.9 Å². The molecule has 35 heavy (non-hydrogen) atoms. The molecule has 5 aliphatic rings. The minimum atomic E-state index is -0.614. The van der Waals surface area contributed by atoms with Crippen LogP contribution in [0.1, 0.15) is 63.3 Å². The van der Waals surface area contributed by atoms with E-state index in [4.69, 9.17) is 9.40 Å². The molecule has 3 aromatic rings. The zero-order valence-corrected chi connectivity index (χ0v) is 19.6. The number of nitrogens with zero attached hydrogens (tertiary/aromatic N) is 2. The molecule has 2 heterocycles. The smallest absolute Gasteiger partial charge is 0.318 e. The third-order valence-corrected chi connectivity index (χ3v) is 8.86. The minimum Gasteiger partial charge on any atom is -0.438 e. The molecule has 5 nitrogen and oxygen atoms in total. The molecule has 4 saturated carbocycles. The number of hydrogen-bond donors (Lipinski definition) is 1. The quantitative estimate of drug-likeness (QED) is 0.463. The first-order valence-corrected chi connectivity index (χ1v) is 12.9. The predicted octanol–water partition coefficient (Wildman–Crippen LogP) is 6.59. The summed E-state index contributed by atoms with van der Waals surface area (Å²) in [7, 11) is 0. The number of halogens is 2. The van der Waals surface area contributed by atoms with Crippen LogP contribution in [-0.2, 0) is 0 Å². The molecule has 0 radical (unpaired) electrons. The van der Waals surface area contributed by atoms with E-state index in [0.717, 1.165) is 55.9 Å². The summed E-state index contributed by atoms with van der Waals surface area (Å²) in [5.41, 5.74) is 2.09. The lowest BCUT2D eigenvalue weighted by Crippen LogP contribution is -2.61. The number of nitrogens with one attached hydrogen (secondary N) is 1. The average Bonchev–Trinajstić information content (AvgIpc) is 3.44. The number of fused-ring (bicyclic) bond motifs is 1. The molecule has 0 spiro atoms. The number of aromatic nitrogens is 1. The Morgan fingerprint density at radius 3 is 2.49 bits per heavy atom. The lowest BCUT2D eigenvalue weighted by Gasteiger charge is -2.57. The van der Waals surface area contributed by atoms with Crippen LogP contribution in [0.25, 0.3) is 22.2 Å². The largest absolute Gasteiger partial charge is 0.438 e. The highest BCUT2D eigenvalue weighted by molar-refractivity contribution is 5.81. The van der Waals surface area contributed by atoms with Gasteiger partial charge in [0.2, 0.25) is 5.89 Å². The monoisotopic (exact) mass is 477 g/mol. The number of oxazole rings is 1. The molecule has 7 heteroatoms. The molecule has 1 N–H and O–H groups in total. The molecule has 4 bridgehead atoms. The number of carbonyl (C=O) groups is 1. The van der Waals surface area contributed by atoms with Gasteiger partial charge in [-0.05, 0) is 98.9 Å². The molecule has 8 rings (SSSR count). The molecule has 5 fully saturated rings. The van der Waals surface area contributed by atoms with E-state index in [2.05, 4.69) is 5.32 Å². The summed E-state index contributed by atoms with van der Waals surface area (Å²) in [6, 6.07) is 8.63. The molecular weight excluding hydrogens is 448 g/mol. The number of hydrogen-bond acceptors (Lipinski definition) is 3. The van der Waals surface area contributed by atoms with E-state index in [9.17, 15) is 13.6 Å². The van der Waals surface area contributed by atoms with Crippen molar-refractivity contribution in [2.75, 3.05) is 6.54 Å². The van der Waals surface area contributed by atoms with Crippen LogP contribution in [0.15, 0.2) is 40.8 Å². The molecule has 2 amide bonds. The number of urea groups is 1. The maximum absolute atomic E-state index is 14.3. The van der Waals surface area contributed by atoms with Gasteiger partial charge in [0.25, 0.3) is 0 Å². The highest BCUT2D eigenvalue weighted by Gasteiger charge is 2.52. The summed E-state index contributed by atoms with van der Waals surface area (Å²) in [5.74, 6) is 1.62. The summed E-state index contributed by atoms with van der Waals surface area (Å²) in [6.07, 6.45) is 9.10. The van der Waals surface area contributed by atoms with Crippen LogP contribution in [0.2, 0.25) is 0 Å². The highest BCUT2D eigenvalue weighted by Crippen LogP contribution is 2.55. The SMILES string of the molecule is O=C(NC12CC3CC(CC(C3)C1)C2)N1CCC[C@H]1c1nc2cc(-c3ccc(F)cc3F)ccc2o1. The van der Waals surface area contributed by atoms with Crippen molar-refractivity contribution in [2.45, 2.75) is 62.9 Å². The second kappa shape index (κ2) is 7.77. The van der Waals surface area contributed by atoms with Crippen LogP contribution in [0, 0.1) is 29.4 Å². The lowest BCUT2D eigenvalue weighted by molar-refractivity contribution is -0.0160. The lowest BCUT2D eigenvalue weighted by atomic mass is 9.53. The van der Waals surface area contributed by atoms with Crippen molar-refractivity contribution < 1.29 is 18.0 Å². The number of benzene rings is 2. The van der Waals surface area contributed by atoms with Gasteiger partial charge in [-0.3, -0.25) is 0 Å². The summed E-state index contributed by atoms with van der Waals surface area (Å²) in [6.45, 7) is 0.688. The molecule has 1 aromatic heterocycles. The van der Waals surface area contributed by atoms with Crippen molar-refractivity contribution >= 4 is 17.1 Å². The molecule has 1 atom stereocenters. The third-order valence-electron chi connectivity index (χ3n) is 8.86. The maximum Gasteiger partial charge on any atom is 0.318 e. The van der Waals surface area contributed by atoms with Gasteiger partial charge in [-0.25, -0.2) is 18.6 Å². The van der Waals surface area contributed by atoms with Gasteiger partial charge in [0.1, 0.15) is 23.2 Å². The molecule has 2 aromatic carbocycles. The summed E-state index contributed by atoms with van der Waals surface area (Å²) >= 11 is 0. The van der Waals surface area contributed by atoms with Crippen LogP contribution < -0.4 is 5.32 Å². The third kappa shape index (κ3) is 3.62. The Morgan fingerprint density at radius 1 is 1.03 bits per heavy atom. The molecular formula is C28H29F2N3O2. The van der Waals surface area contributed by atoms with Crippen LogP contribution in [0.5, 0.6) is 0 Å². The number of carbonyl (C=O) groups excluding carboxylic acids is 1. The topological polar surface area (TPSA) is 58.4 Å². The van der Waals surface area contributed by atoms with Crippen LogP contribution in [-0.4, -0.2) is 28.0 Å². The fourth-order valence-electron chi connectivity index (χ4n) is 7.81. The molecule has 4 aliphatic carbocycles. The fourth-order valence-corrected chi connectivity index (χ4v) is 7.81.